The van der Waals surface area contributed by atoms with Crippen molar-refractivity contribution in [2.45, 2.75) is 6.92 Å². The Morgan fingerprint density at radius 2 is 1.53 bits per heavy atom. The lowest BCUT2D eigenvalue weighted by Gasteiger charge is -2.05. The Hall–Kier alpha value is -1.28. The summed E-state index contributed by atoms with van der Waals surface area (Å²) in [5.41, 5.74) is 10.2. The van der Waals surface area contributed by atoms with E-state index >= 15 is 0 Å². The molecule has 0 aliphatic heterocycles. The van der Waals surface area contributed by atoms with E-state index in [1.807, 2.05) is 31.2 Å². The highest BCUT2D eigenvalue weighted by Gasteiger charge is 1.99. The molecule has 0 atom stereocenters. The molecule has 2 aromatic carbocycles. The van der Waals surface area contributed by atoms with Crippen LogP contribution in [0.3, 0.4) is 0 Å². The van der Waals surface area contributed by atoms with Crippen LogP contribution in [0.25, 0.3) is 11.1 Å². The predicted molar refractivity (Wildman–Crippen MR) is 68.7 cm³/mol. The van der Waals surface area contributed by atoms with E-state index in [2.05, 4.69) is 34.1 Å². The first-order valence-electron chi connectivity index (χ1n) is 4.79. The highest BCUT2D eigenvalue weighted by molar-refractivity contribution is 9.10. The van der Waals surface area contributed by atoms with Crippen molar-refractivity contribution < 1.29 is 0 Å². The number of benzene rings is 2. The molecule has 2 heteroatoms. The summed E-state index contributed by atoms with van der Waals surface area (Å²) in [6, 6.07) is 14.4. The van der Waals surface area contributed by atoms with Crippen LogP contribution in [0, 0.1) is 6.92 Å². The zero-order chi connectivity index (χ0) is 10.8. The molecular formula is C13H12BrN. The third kappa shape index (κ3) is 2.21. The maximum atomic E-state index is 5.78. The molecule has 0 aliphatic rings. The lowest BCUT2D eigenvalue weighted by atomic mass is 10.0. The van der Waals surface area contributed by atoms with Crippen molar-refractivity contribution in [3.05, 3.63) is 52.5 Å². The number of nitrogen functional groups attached to an aromatic ring is 1. The van der Waals surface area contributed by atoms with Gasteiger partial charge in [0.1, 0.15) is 0 Å². The molecule has 0 saturated carbocycles. The van der Waals surface area contributed by atoms with Crippen LogP contribution in [0.1, 0.15) is 5.56 Å². The van der Waals surface area contributed by atoms with Crippen molar-refractivity contribution in [2.24, 2.45) is 0 Å². The van der Waals surface area contributed by atoms with E-state index in [1.54, 1.807) is 0 Å². The second-order valence-corrected chi connectivity index (χ2v) is 4.49. The second-order valence-electron chi connectivity index (χ2n) is 3.58. The molecule has 0 aliphatic carbocycles. The van der Waals surface area contributed by atoms with Crippen LogP contribution < -0.4 is 5.73 Å². The molecule has 0 radical (unpaired) electrons. The van der Waals surface area contributed by atoms with Gasteiger partial charge >= 0.3 is 0 Å². The number of anilines is 1. The van der Waals surface area contributed by atoms with Gasteiger partial charge in [-0.3, -0.25) is 0 Å². The molecule has 1 nitrogen and oxygen atoms in total. The van der Waals surface area contributed by atoms with Crippen LogP contribution in [0.4, 0.5) is 5.69 Å². The number of hydrogen-bond donors (Lipinski definition) is 1. The lowest BCUT2D eigenvalue weighted by molar-refractivity contribution is 1.46. The van der Waals surface area contributed by atoms with Gasteiger partial charge in [-0.1, -0.05) is 34.1 Å². The van der Waals surface area contributed by atoms with Gasteiger partial charge in [-0.25, -0.2) is 0 Å². The normalized spacial score (nSPS) is 10.3. The van der Waals surface area contributed by atoms with E-state index in [0.29, 0.717) is 0 Å². The standard InChI is InChI=1S/C13H12BrN/c1-9-8-11(4-7-13(9)15)10-2-5-12(14)6-3-10/h2-8H,15H2,1H3. The fourth-order valence-corrected chi connectivity index (χ4v) is 1.76. The molecule has 0 spiro atoms. The smallest absolute Gasteiger partial charge is 0.0344 e. The highest BCUT2D eigenvalue weighted by atomic mass is 79.9. The van der Waals surface area contributed by atoms with Crippen LogP contribution in [-0.2, 0) is 0 Å². The van der Waals surface area contributed by atoms with Crippen LogP contribution in [0.5, 0.6) is 0 Å². The molecule has 76 valence electrons. The number of nitrogens with two attached hydrogens (primary N) is 1. The minimum absolute atomic E-state index is 0.843. The van der Waals surface area contributed by atoms with Crippen LogP contribution in [0.15, 0.2) is 46.9 Å². The predicted octanol–water partition coefficient (Wildman–Crippen LogP) is 4.01. The molecule has 2 aromatic rings. The Labute approximate surface area is 98.1 Å². The fourth-order valence-electron chi connectivity index (χ4n) is 1.50. The van der Waals surface area contributed by atoms with E-state index in [4.69, 9.17) is 5.73 Å². The monoisotopic (exact) mass is 261 g/mol. The number of aryl methyl sites for hydroxylation is 1. The molecular weight excluding hydrogens is 250 g/mol. The maximum Gasteiger partial charge on any atom is 0.0344 e. The van der Waals surface area contributed by atoms with Gasteiger partial charge < -0.3 is 5.73 Å². The average molecular weight is 262 g/mol. The molecule has 15 heavy (non-hydrogen) atoms. The van der Waals surface area contributed by atoms with Gasteiger partial charge in [0.2, 0.25) is 0 Å². The van der Waals surface area contributed by atoms with E-state index < -0.39 is 0 Å². The fraction of sp³-hybridized carbons (Fsp3) is 0.0769. The zero-order valence-corrected chi connectivity index (χ0v) is 10.1. The lowest BCUT2D eigenvalue weighted by Crippen LogP contribution is -1.89. The average Bonchev–Trinajstić information content (AvgIpc) is 2.23. The topological polar surface area (TPSA) is 26.0 Å². The summed E-state index contributed by atoms with van der Waals surface area (Å²) >= 11 is 3.42. The van der Waals surface area contributed by atoms with Crippen molar-refractivity contribution >= 4 is 21.6 Å². The first kappa shape index (κ1) is 10.2. The van der Waals surface area contributed by atoms with Crippen molar-refractivity contribution in [1.82, 2.24) is 0 Å². The summed E-state index contributed by atoms with van der Waals surface area (Å²) in [6.45, 7) is 2.03. The largest absolute Gasteiger partial charge is 0.399 e. The highest BCUT2D eigenvalue weighted by Crippen LogP contribution is 2.24. The molecule has 0 amide bonds. The Kier molecular flexibility index (Phi) is 2.78. The summed E-state index contributed by atoms with van der Waals surface area (Å²) in [6.07, 6.45) is 0. The third-order valence-corrected chi connectivity index (χ3v) is 2.98. The van der Waals surface area contributed by atoms with Gasteiger partial charge in [0, 0.05) is 10.2 Å². The van der Waals surface area contributed by atoms with Gasteiger partial charge in [-0.15, -0.1) is 0 Å². The van der Waals surface area contributed by atoms with Gasteiger partial charge in [-0.2, -0.15) is 0 Å². The van der Waals surface area contributed by atoms with Gasteiger partial charge in [-0.05, 0) is 47.9 Å². The molecule has 0 unspecified atom stereocenters. The van der Waals surface area contributed by atoms with Crippen LogP contribution in [-0.4, -0.2) is 0 Å². The third-order valence-electron chi connectivity index (χ3n) is 2.45. The summed E-state index contributed by atoms with van der Waals surface area (Å²) in [5.74, 6) is 0. The van der Waals surface area contributed by atoms with Crippen molar-refractivity contribution in [3.63, 3.8) is 0 Å². The zero-order valence-electron chi connectivity index (χ0n) is 8.50. The molecule has 2 rings (SSSR count). The van der Waals surface area contributed by atoms with Crippen molar-refractivity contribution in [2.75, 3.05) is 5.73 Å². The summed E-state index contributed by atoms with van der Waals surface area (Å²) in [5, 5.41) is 0. The first-order valence-corrected chi connectivity index (χ1v) is 5.58. The summed E-state index contributed by atoms with van der Waals surface area (Å²) in [4.78, 5) is 0. The SMILES string of the molecule is Cc1cc(-c2ccc(Br)cc2)ccc1N. The summed E-state index contributed by atoms with van der Waals surface area (Å²) in [7, 11) is 0. The Morgan fingerprint density at radius 3 is 2.13 bits per heavy atom. The minimum atomic E-state index is 0.843. The molecule has 0 fully saturated rings. The van der Waals surface area contributed by atoms with Crippen LogP contribution >= 0.6 is 15.9 Å². The molecule has 2 N–H and O–H groups in total. The first-order chi connectivity index (χ1) is 7.16. The van der Waals surface area contributed by atoms with E-state index in [0.717, 1.165) is 15.7 Å². The van der Waals surface area contributed by atoms with Gasteiger partial charge in [0.05, 0.1) is 0 Å². The second kappa shape index (κ2) is 4.07. The Balaban J connectivity index is 2.45. The van der Waals surface area contributed by atoms with Crippen molar-refractivity contribution in [1.29, 1.82) is 0 Å². The summed E-state index contributed by atoms with van der Waals surface area (Å²) < 4.78 is 1.10. The van der Waals surface area contributed by atoms with Crippen LogP contribution in [0.2, 0.25) is 0 Å². The number of hydrogen-bond acceptors (Lipinski definition) is 1. The number of halogens is 1. The Morgan fingerprint density at radius 1 is 0.933 bits per heavy atom. The van der Waals surface area contributed by atoms with E-state index in [-0.39, 0.29) is 0 Å². The minimum Gasteiger partial charge on any atom is -0.399 e. The van der Waals surface area contributed by atoms with Crippen molar-refractivity contribution in [3.8, 4) is 11.1 Å². The van der Waals surface area contributed by atoms with Gasteiger partial charge in [0.15, 0.2) is 0 Å². The molecule has 0 aromatic heterocycles. The quantitative estimate of drug-likeness (QED) is 0.772. The molecule has 0 bridgehead atoms. The van der Waals surface area contributed by atoms with E-state index in [1.165, 1.54) is 11.1 Å². The molecule has 0 saturated heterocycles. The maximum absolute atomic E-state index is 5.78. The van der Waals surface area contributed by atoms with Gasteiger partial charge in [0.25, 0.3) is 0 Å². The Bertz CT molecular complexity index is 474. The van der Waals surface area contributed by atoms with E-state index in [9.17, 15) is 0 Å². The number of rotatable bonds is 1. The molecule has 0 heterocycles.